The summed E-state index contributed by atoms with van der Waals surface area (Å²) in [5.41, 5.74) is -0.149. The van der Waals surface area contributed by atoms with Gasteiger partial charge in [0.2, 0.25) is 10.0 Å². The fraction of sp³-hybridized carbons (Fsp3) is 0.500. The van der Waals surface area contributed by atoms with Gasteiger partial charge in [0, 0.05) is 19.4 Å². The molecule has 1 N–H and O–H groups in total. The second-order valence-electron chi connectivity index (χ2n) is 3.65. The second-order valence-corrected chi connectivity index (χ2v) is 5.39. The second kappa shape index (κ2) is 7.91. The van der Waals surface area contributed by atoms with Crippen molar-refractivity contribution in [3.8, 4) is 6.07 Å². The Morgan fingerprint density at radius 3 is 2.60 bits per heavy atom. The van der Waals surface area contributed by atoms with Gasteiger partial charge in [-0.3, -0.25) is 0 Å². The fourth-order valence-corrected chi connectivity index (χ4v) is 2.61. The van der Waals surface area contributed by atoms with Crippen LogP contribution in [0.5, 0.6) is 0 Å². The Kier molecular flexibility index (Phi) is 6.54. The van der Waals surface area contributed by atoms with Crippen molar-refractivity contribution in [1.82, 2.24) is 9.71 Å². The third kappa shape index (κ3) is 4.54. The minimum atomic E-state index is -3.83. The van der Waals surface area contributed by atoms with E-state index in [-0.39, 0.29) is 17.1 Å². The smallest absolute Gasteiger partial charge is 0.243 e. The first kappa shape index (κ1) is 16.5. The van der Waals surface area contributed by atoms with E-state index in [1.54, 1.807) is 19.9 Å². The summed E-state index contributed by atoms with van der Waals surface area (Å²) in [6.45, 7) is 4.35. The minimum absolute atomic E-state index is 0.0379. The molecule has 0 amide bonds. The van der Waals surface area contributed by atoms with Gasteiger partial charge in [0.25, 0.3) is 0 Å². The lowest BCUT2D eigenvalue weighted by molar-refractivity contribution is -0.130. The van der Waals surface area contributed by atoms with E-state index in [1.165, 1.54) is 18.3 Å². The van der Waals surface area contributed by atoms with Crippen molar-refractivity contribution in [2.75, 3.05) is 19.8 Å². The predicted molar refractivity (Wildman–Crippen MR) is 71.2 cm³/mol. The first-order valence-corrected chi connectivity index (χ1v) is 7.61. The van der Waals surface area contributed by atoms with E-state index in [9.17, 15) is 8.42 Å². The number of rotatable bonds is 8. The van der Waals surface area contributed by atoms with E-state index in [0.717, 1.165) is 0 Å². The van der Waals surface area contributed by atoms with Gasteiger partial charge in [-0.15, -0.1) is 0 Å². The van der Waals surface area contributed by atoms with Crippen LogP contribution in [0.1, 0.15) is 19.5 Å². The molecule has 0 aliphatic heterocycles. The van der Waals surface area contributed by atoms with Gasteiger partial charge in [-0.25, -0.2) is 18.1 Å². The van der Waals surface area contributed by atoms with Crippen LogP contribution in [-0.2, 0) is 19.5 Å². The highest BCUT2D eigenvalue weighted by Gasteiger charge is 2.21. The normalized spacial score (nSPS) is 11.5. The van der Waals surface area contributed by atoms with Crippen LogP contribution >= 0.6 is 0 Å². The molecule has 0 bridgehead atoms. The van der Waals surface area contributed by atoms with Crippen LogP contribution in [0.3, 0.4) is 0 Å². The number of pyridine rings is 1. The number of sulfonamides is 1. The number of nitrogens with zero attached hydrogens (tertiary/aromatic N) is 2. The summed E-state index contributed by atoms with van der Waals surface area (Å²) >= 11 is 0. The monoisotopic (exact) mass is 299 g/mol. The molecule has 0 spiro atoms. The lowest BCUT2D eigenvalue weighted by Crippen LogP contribution is -2.35. The lowest BCUT2D eigenvalue weighted by atomic mass is 10.4. The molecule has 0 saturated carbocycles. The van der Waals surface area contributed by atoms with Crippen molar-refractivity contribution < 1.29 is 17.9 Å². The van der Waals surface area contributed by atoms with Gasteiger partial charge >= 0.3 is 0 Å². The van der Waals surface area contributed by atoms with Crippen molar-refractivity contribution in [2.45, 2.75) is 25.0 Å². The van der Waals surface area contributed by atoms with Crippen molar-refractivity contribution in [1.29, 1.82) is 5.26 Å². The van der Waals surface area contributed by atoms with Gasteiger partial charge < -0.3 is 9.47 Å². The number of nitrogens with one attached hydrogen (secondary N) is 1. The van der Waals surface area contributed by atoms with Crippen molar-refractivity contribution in [2.24, 2.45) is 0 Å². The van der Waals surface area contributed by atoms with Crippen LogP contribution < -0.4 is 4.72 Å². The Morgan fingerprint density at radius 1 is 1.40 bits per heavy atom. The fourth-order valence-electron chi connectivity index (χ4n) is 1.48. The number of hydrogen-bond donors (Lipinski definition) is 1. The maximum Gasteiger partial charge on any atom is 0.243 e. The van der Waals surface area contributed by atoms with Crippen molar-refractivity contribution in [3.63, 3.8) is 0 Å². The van der Waals surface area contributed by atoms with E-state index >= 15 is 0 Å². The summed E-state index contributed by atoms with van der Waals surface area (Å²) in [6, 6.07) is 4.53. The molecule has 0 radical (unpaired) electrons. The molecule has 0 aliphatic rings. The molecule has 0 aliphatic carbocycles. The van der Waals surface area contributed by atoms with Crippen LogP contribution in [-0.4, -0.2) is 39.5 Å². The molecule has 1 rings (SSSR count). The van der Waals surface area contributed by atoms with Crippen LogP contribution in [0.25, 0.3) is 0 Å². The Morgan fingerprint density at radius 2 is 2.05 bits per heavy atom. The largest absolute Gasteiger partial charge is 0.352 e. The van der Waals surface area contributed by atoms with E-state index < -0.39 is 16.3 Å². The molecular formula is C12H17N3O4S. The Bertz CT molecular complexity index is 562. The molecule has 0 atom stereocenters. The topological polar surface area (TPSA) is 101 Å². The molecule has 0 aromatic carbocycles. The zero-order chi connectivity index (χ0) is 15.0. The first-order chi connectivity index (χ1) is 9.55. The molecule has 0 fully saturated rings. The lowest BCUT2D eigenvalue weighted by Gasteiger charge is -2.17. The van der Waals surface area contributed by atoms with Crippen LogP contribution in [0, 0.1) is 11.3 Å². The molecule has 1 heterocycles. The van der Waals surface area contributed by atoms with Gasteiger partial charge in [-0.2, -0.15) is 5.26 Å². The maximum atomic E-state index is 12.1. The number of ether oxygens (including phenoxy) is 2. The van der Waals surface area contributed by atoms with Crippen LogP contribution in [0.4, 0.5) is 0 Å². The molecule has 1 aromatic heterocycles. The van der Waals surface area contributed by atoms with Gasteiger partial charge in [-0.1, -0.05) is 0 Å². The highest BCUT2D eigenvalue weighted by Crippen LogP contribution is 2.11. The Balaban J connectivity index is 2.82. The van der Waals surface area contributed by atoms with E-state index in [2.05, 4.69) is 9.71 Å². The molecule has 1 aromatic rings. The van der Waals surface area contributed by atoms with E-state index in [4.69, 9.17) is 14.7 Å². The summed E-state index contributed by atoms with van der Waals surface area (Å²) in [7, 11) is -3.83. The van der Waals surface area contributed by atoms with Gasteiger partial charge in [-0.05, 0) is 26.0 Å². The SMILES string of the molecule is CCOC(CNS(=O)(=O)c1cccnc1C#N)OCC. The molecule has 7 nitrogen and oxygen atoms in total. The maximum absolute atomic E-state index is 12.1. The number of aromatic nitrogens is 1. The van der Waals surface area contributed by atoms with Crippen LogP contribution in [0.2, 0.25) is 0 Å². The van der Waals surface area contributed by atoms with Gasteiger partial charge in [0.1, 0.15) is 11.0 Å². The molecule has 20 heavy (non-hydrogen) atoms. The molecule has 0 saturated heterocycles. The zero-order valence-corrected chi connectivity index (χ0v) is 12.2. The van der Waals surface area contributed by atoms with Crippen molar-refractivity contribution in [3.05, 3.63) is 24.0 Å². The van der Waals surface area contributed by atoms with Gasteiger partial charge in [0.05, 0.1) is 6.54 Å². The quantitative estimate of drug-likeness (QED) is 0.706. The van der Waals surface area contributed by atoms with E-state index in [1.807, 2.05) is 0 Å². The Hall–Kier alpha value is -1.53. The average molecular weight is 299 g/mol. The minimum Gasteiger partial charge on any atom is -0.352 e. The first-order valence-electron chi connectivity index (χ1n) is 6.13. The predicted octanol–water partition coefficient (Wildman–Crippen LogP) is 0.631. The molecule has 8 heteroatoms. The number of hydrogen-bond acceptors (Lipinski definition) is 6. The standard InChI is InChI=1S/C12H17N3O4S/c1-3-18-12(19-4-2)9-15-20(16,17)11-6-5-7-14-10(11)8-13/h5-7,12,15H,3-4,9H2,1-2H3. The summed E-state index contributed by atoms with van der Waals surface area (Å²) < 4.78 is 37.1. The molecule has 110 valence electrons. The third-order valence-electron chi connectivity index (χ3n) is 2.31. The highest BCUT2D eigenvalue weighted by molar-refractivity contribution is 7.89. The summed E-state index contributed by atoms with van der Waals surface area (Å²) in [6.07, 6.45) is 0.697. The molecular weight excluding hydrogens is 282 g/mol. The number of nitriles is 1. The summed E-state index contributed by atoms with van der Waals surface area (Å²) in [5, 5.41) is 8.87. The van der Waals surface area contributed by atoms with Crippen LogP contribution in [0.15, 0.2) is 23.2 Å². The summed E-state index contributed by atoms with van der Waals surface area (Å²) in [5.74, 6) is 0. The zero-order valence-electron chi connectivity index (χ0n) is 11.4. The summed E-state index contributed by atoms with van der Waals surface area (Å²) in [4.78, 5) is 3.56. The van der Waals surface area contributed by atoms with Gasteiger partial charge in [0.15, 0.2) is 12.0 Å². The average Bonchev–Trinajstić information content (AvgIpc) is 2.45. The third-order valence-corrected chi connectivity index (χ3v) is 3.77. The Labute approximate surface area is 118 Å². The molecule has 0 unspecified atom stereocenters. The van der Waals surface area contributed by atoms with E-state index in [0.29, 0.717) is 13.2 Å². The highest BCUT2D eigenvalue weighted by atomic mass is 32.2. The van der Waals surface area contributed by atoms with Crippen molar-refractivity contribution >= 4 is 10.0 Å².